The molecule has 0 N–H and O–H groups in total. The first-order valence-electron chi connectivity index (χ1n) is 5.67. The maximum atomic E-state index is 4.32. The van der Waals surface area contributed by atoms with Crippen molar-refractivity contribution in [2.45, 2.75) is 10.6 Å². The average Bonchev–Trinajstić information content (AvgIpc) is 2.79. The van der Waals surface area contributed by atoms with Gasteiger partial charge in [0.15, 0.2) is 0 Å². The zero-order valence-corrected chi connectivity index (χ0v) is 14.9. The molecule has 0 fully saturated rings. The van der Waals surface area contributed by atoms with Gasteiger partial charge in [-0.05, 0) is 0 Å². The molecule has 3 heteroatoms. The van der Waals surface area contributed by atoms with Crippen molar-refractivity contribution in [2.24, 2.45) is 0 Å². The summed E-state index contributed by atoms with van der Waals surface area (Å²) in [7, 11) is -0.476. The summed E-state index contributed by atoms with van der Waals surface area (Å²) >= 11 is 2.25. The Morgan fingerprint density at radius 3 is 1.82 bits per heavy atom. The van der Waals surface area contributed by atoms with E-state index < -0.39 is 24.5 Å². The Kier molecular flexibility index (Phi) is 2.52. The van der Waals surface area contributed by atoms with E-state index in [1.165, 1.54) is 10.6 Å². The molecule has 2 heterocycles. The predicted octanol–water partition coefficient (Wildman–Crippen LogP) is 1.91. The Labute approximate surface area is 114 Å². The van der Waals surface area contributed by atoms with Crippen LogP contribution in [0.3, 0.4) is 0 Å². The van der Waals surface area contributed by atoms with Gasteiger partial charge in [0.25, 0.3) is 0 Å². The number of benzene rings is 2. The Balaban J connectivity index is 2.01. The van der Waals surface area contributed by atoms with Crippen LogP contribution >= 0.6 is 12.8 Å². The van der Waals surface area contributed by atoms with E-state index >= 15 is 0 Å². The van der Waals surface area contributed by atoms with Gasteiger partial charge < -0.3 is 0 Å². The van der Waals surface area contributed by atoms with Crippen molar-refractivity contribution in [3.05, 3.63) is 59.7 Å². The zero-order valence-electron chi connectivity index (χ0n) is 9.23. The van der Waals surface area contributed by atoms with Gasteiger partial charge in [0.05, 0.1) is 0 Å². The summed E-state index contributed by atoms with van der Waals surface area (Å²) in [6.45, 7) is 0. The van der Waals surface area contributed by atoms with Crippen LogP contribution in [0.25, 0.3) is 0 Å². The van der Waals surface area contributed by atoms with E-state index in [0.29, 0.717) is 0 Å². The average molecular weight is 467 g/mol. The van der Waals surface area contributed by atoms with Crippen molar-refractivity contribution < 1.29 is 0 Å². The summed E-state index contributed by atoms with van der Waals surface area (Å²) < 4.78 is 3.45. The van der Waals surface area contributed by atoms with E-state index in [9.17, 15) is 0 Å². The van der Waals surface area contributed by atoms with Crippen LogP contribution in [-0.2, 0) is 10.6 Å². The van der Waals surface area contributed by atoms with Gasteiger partial charge in [-0.25, -0.2) is 0 Å². The topological polar surface area (TPSA) is 0 Å². The molecular weight excluding hydrogens is 455 g/mol. The molecule has 0 saturated heterocycles. The molecule has 4 rings (SSSR count). The standard InChI is InChI=1S/C14H12BrSeTe/c15-17-13-7-3-1-5-11(13)9-16(17)10-12-6-2-4-8-14(12)17/h1-8H,9-10H2/q+1. The monoisotopic (exact) mass is 469 g/mol. The van der Waals surface area contributed by atoms with E-state index in [2.05, 4.69) is 61.3 Å². The van der Waals surface area contributed by atoms with Gasteiger partial charge in [-0.3, -0.25) is 0 Å². The molecule has 0 radical (unpaired) electrons. The van der Waals surface area contributed by atoms with E-state index in [-0.39, 0.29) is 0 Å². The molecule has 0 aromatic heterocycles. The van der Waals surface area contributed by atoms with Crippen molar-refractivity contribution in [2.75, 3.05) is 0 Å². The summed E-state index contributed by atoms with van der Waals surface area (Å²) in [5.41, 5.74) is 3.31. The molecule has 0 bridgehead atoms. The van der Waals surface area contributed by atoms with Crippen LogP contribution in [-0.4, -0.2) is 24.5 Å². The molecule has 0 spiro atoms. The third-order valence-electron chi connectivity index (χ3n) is 3.47. The van der Waals surface area contributed by atoms with E-state index in [1.54, 1.807) is 18.3 Å². The first-order chi connectivity index (χ1) is 8.30. The third-order valence-corrected chi connectivity index (χ3v) is 48.9. The van der Waals surface area contributed by atoms with Crippen molar-refractivity contribution in [3.8, 4) is 0 Å². The van der Waals surface area contributed by atoms with E-state index in [0.717, 1.165) is 0 Å². The molecule has 0 atom stereocenters. The summed E-state index contributed by atoms with van der Waals surface area (Å²) in [6, 6.07) is 18.4. The molecule has 0 saturated carbocycles. The van der Waals surface area contributed by atoms with E-state index in [4.69, 9.17) is 0 Å². The molecule has 17 heavy (non-hydrogen) atoms. The number of hydrogen-bond acceptors (Lipinski definition) is 0. The van der Waals surface area contributed by atoms with Gasteiger partial charge in [0.2, 0.25) is 0 Å². The Bertz CT molecular complexity index is 561. The van der Waals surface area contributed by atoms with Gasteiger partial charge in [0.1, 0.15) is 0 Å². The minimum atomic E-state index is -2.07. The Hall–Kier alpha value is 0.229. The van der Waals surface area contributed by atoms with Crippen molar-refractivity contribution >= 4 is 44.4 Å². The van der Waals surface area contributed by atoms with Crippen LogP contribution in [0, 0.1) is 0 Å². The molecule has 86 valence electrons. The van der Waals surface area contributed by atoms with E-state index in [1.807, 2.05) is 0 Å². The number of halogens is 1. The summed E-state index contributed by atoms with van der Waals surface area (Å²) in [5.74, 6) is 0. The Morgan fingerprint density at radius 2 is 1.29 bits per heavy atom. The normalized spacial score (nSPS) is 32.4. The zero-order chi connectivity index (χ0) is 11.5. The predicted molar refractivity (Wildman–Crippen MR) is 80.0 cm³/mol. The molecule has 2 aromatic carbocycles. The summed E-state index contributed by atoms with van der Waals surface area (Å²) in [4.78, 5) is 0. The quantitative estimate of drug-likeness (QED) is 0.521. The minimum absolute atomic E-state index is 0.476. The van der Waals surface area contributed by atoms with Gasteiger partial charge in [-0.2, -0.15) is 0 Å². The van der Waals surface area contributed by atoms with Crippen molar-refractivity contribution in [1.82, 2.24) is 0 Å². The van der Waals surface area contributed by atoms with Crippen LogP contribution in [0.1, 0.15) is 11.1 Å². The fraction of sp³-hybridized carbons (Fsp3) is 0.143. The molecule has 2 aliphatic rings. The Morgan fingerprint density at radius 1 is 0.824 bits per heavy atom. The SMILES string of the molecule is Br[Te]12c3ccccc3C[Se+]1Cc1ccccc12. The second-order valence-corrected chi connectivity index (χ2v) is 39.8. The first-order valence-corrected chi connectivity index (χ1v) is 21.3. The van der Waals surface area contributed by atoms with Crippen LogP contribution in [0.5, 0.6) is 0 Å². The van der Waals surface area contributed by atoms with Gasteiger partial charge in [-0.1, -0.05) is 0 Å². The summed E-state index contributed by atoms with van der Waals surface area (Å²) in [5, 5.41) is 2.83. The fourth-order valence-corrected chi connectivity index (χ4v) is 44.7. The van der Waals surface area contributed by atoms with Crippen LogP contribution in [0.2, 0.25) is 0 Å². The molecule has 2 aliphatic heterocycles. The van der Waals surface area contributed by atoms with Crippen LogP contribution in [0.15, 0.2) is 48.5 Å². The van der Waals surface area contributed by atoms with Gasteiger partial charge >= 0.3 is 115 Å². The second kappa shape index (κ2) is 3.86. The van der Waals surface area contributed by atoms with Crippen molar-refractivity contribution in [1.29, 1.82) is 0 Å². The third kappa shape index (κ3) is 1.41. The van der Waals surface area contributed by atoms with Gasteiger partial charge in [-0.15, -0.1) is 0 Å². The summed E-state index contributed by atoms with van der Waals surface area (Å²) in [6.07, 6.45) is 0. The molecule has 2 aromatic rings. The first kappa shape index (κ1) is 11.1. The number of rotatable bonds is 0. The molecule has 0 unspecified atom stereocenters. The van der Waals surface area contributed by atoms with Crippen LogP contribution < -0.4 is 7.22 Å². The molecule has 0 nitrogen and oxygen atoms in total. The van der Waals surface area contributed by atoms with Crippen molar-refractivity contribution in [3.63, 3.8) is 0 Å². The second-order valence-electron chi connectivity index (χ2n) is 4.43. The molecule has 0 aliphatic carbocycles. The van der Waals surface area contributed by atoms with Gasteiger partial charge in [0, 0.05) is 0 Å². The number of fused-ring (bicyclic) bond motifs is 5. The van der Waals surface area contributed by atoms with Crippen LogP contribution in [0.4, 0.5) is 0 Å². The number of hydrogen-bond donors (Lipinski definition) is 0. The fourth-order valence-electron chi connectivity index (χ4n) is 2.69. The maximum absolute atomic E-state index is 4.32. The molecular formula is C14H12BrSeTe+. The molecule has 0 amide bonds.